The average molecular weight is 432 g/mol. The number of hydrogen-bond donors (Lipinski definition) is 1. The summed E-state index contributed by atoms with van der Waals surface area (Å²) in [7, 11) is 0. The van der Waals surface area contributed by atoms with Crippen LogP contribution in [0.3, 0.4) is 0 Å². The van der Waals surface area contributed by atoms with Gasteiger partial charge < -0.3 is 14.7 Å². The lowest BCUT2D eigenvalue weighted by atomic mass is 9.89. The van der Waals surface area contributed by atoms with E-state index in [4.69, 9.17) is 16.3 Å². The molecule has 2 aromatic carbocycles. The zero-order chi connectivity index (χ0) is 21.5. The molecule has 1 heterocycles. The smallest absolute Gasteiger partial charge is 0.231 e. The predicted molar refractivity (Wildman–Crippen MR) is 114 cm³/mol. The van der Waals surface area contributed by atoms with Crippen molar-refractivity contribution in [2.75, 3.05) is 5.88 Å². The van der Waals surface area contributed by atoms with Gasteiger partial charge in [0.25, 0.3) is 0 Å². The first-order valence-electron chi connectivity index (χ1n) is 10.3. The van der Waals surface area contributed by atoms with Crippen LogP contribution >= 0.6 is 11.6 Å². The molecule has 1 aliphatic carbocycles. The third kappa shape index (κ3) is 3.75. The van der Waals surface area contributed by atoms with Crippen LogP contribution in [0.5, 0.6) is 0 Å². The quantitative estimate of drug-likeness (QED) is 0.702. The number of alkyl halides is 2. The van der Waals surface area contributed by atoms with Gasteiger partial charge in [-0.05, 0) is 37.0 Å². The van der Waals surface area contributed by atoms with E-state index in [0.29, 0.717) is 0 Å². The zero-order valence-electron chi connectivity index (χ0n) is 17.2. The summed E-state index contributed by atoms with van der Waals surface area (Å²) in [5.41, 5.74) is 2.16. The maximum absolute atomic E-state index is 15.3. The highest BCUT2D eigenvalue weighted by atomic mass is 35.5. The Morgan fingerprint density at radius 1 is 1.23 bits per heavy atom. The molecule has 1 aliphatic heterocycles. The Morgan fingerprint density at radius 3 is 2.60 bits per heavy atom. The van der Waals surface area contributed by atoms with E-state index in [2.05, 4.69) is 0 Å². The summed E-state index contributed by atoms with van der Waals surface area (Å²) in [6.07, 6.45) is -2.44. The molecule has 4 nitrogen and oxygen atoms in total. The number of benzene rings is 2. The molecule has 4 rings (SSSR count). The van der Waals surface area contributed by atoms with Crippen molar-refractivity contribution < 1.29 is 19.0 Å². The van der Waals surface area contributed by atoms with Gasteiger partial charge >= 0.3 is 0 Å². The normalized spacial score (nSPS) is 24.8. The second kappa shape index (κ2) is 8.29. The average Bonchev–Trinajstić information content (AvgIpc) is 3.21. The molecule has 1 amide bonds. The van der Waals surface area contributed by atoms with Crippen molar-refractivity contribution in [2.45, 2.75) is 56.8 Å². The summed E-state index contributed by atoms with van der Waals surface area (Å²) in [5.74, 6) is -1.69. The van der Waals surface area contributed by atoms with Crippen molar-refractivity contribution in [3.8, 4) is 0 Å². The molecule has 1 N–H and O–H groups in total. The number of nitrogens with zero attached hydrogens (tertiary/aromatic N) is 1. The summed E-state index contributed by atoms with van der Waals surface area (Å²) >= 11 is 5.73. The number of carbonyl (C=O) groups is 1. The second-order valence-corrected chi connectivity index (χ2v) is 8.93. The van der Waals surface area contributed by atoms with Crippen LogP contribution in [0.2, 0.25) is 0 Å². The van der Waals surface area contributed by atoms with E-state index in [1.54, 1.807) is 4.90 Å². The van der Waals surface area contributed by atoms with Gasteiger partial charge in [0.05, 0.1) is 30.0 Å². The summed E-state index contributed by atoms with van der Waals surface area (Å²) in [6, 6.07) is 17.0. The predicted octanol–water partition coefficient (Wildman–Crippen LogP) is 4.04. The molecule has 0 unspecified atom stereocenters. The van der Waals surface area contributed by atoms with E-state index in [9.17, 15) is 9.90 Å². The van der Waals surface area contributed by atoms with Gasteiger partial charge in [0, 0.05) is 6.42 Å². The Morgan fingerprint density at radius 2 is 1.90 bits per heavy atom. The maximum atomic E-state index is 15.3. The number of fused-ring (bicyclic) bond motifs is 3. The van der Waals surface area contributed by atoms with Gasteiger partial charge in [-0.25, -0.2) is 4.39 Å². The van der Waals surface area contributed by atoms with E-state index in [1.165, 1.54) is 0 Å². The van der Waals surface area contributed by atoms with Crippen molar-refractivity contribution in [1.82, 2.24) is 4.90 Å². The molecule has 6 heteroatoms. The number of aliphatic hydroxyl groups excluding tert-OH is 1. The first kappa shape index (κ1) is 21.3. The highest BCUT2D eigenvalue weighted by molar-refractivity contribution is 6.18. The van der Waals surface area contributed by atoms with Gasteiger partial charge in [0.2, 0.25) is 5.91 Å². The molecule has 0 aromatic heterocycles. The van der Waals surface area contributed by atoms with Gasteiger partial charge in [0.15, 0.2) is 0 Å². The fourth-order valence-electron chi connectivity index (χ4n) is 4.85. The lowest BCUT2D eigenvalue weighted by Gasteiger charge is -2.37. The minimum Gasteiger partial charge on any atom is -0.389 e. The molecular formula is C24H27ClFNO3. The van der Waals surface area contributed by atoms with Crippen LogP contribution in [0.4, 0.5) is 4.39 Å². The number of ether oxygens (including phenoxy) is 1. The minimum absolute atomic E-state index is 0.158. The van der Waals surface area contributed by atoms with Gasteiger partial charge in [-0.15, -0.1) is 11.6 Å². The zero-order valence-corrected chi connectivity index (χ0v) is 17.9. The Bertz CT molecular complexity index is 906. The Labute approximate surface area is 181 Å². The van der Waals surface area contributed by atoms with Crippen molar-refractivity contribution in [1.29, 1.82) is 0 Å². The number of rotatable bonds is 6. The number of carbonyl (C=O) groups excluding carboxylic acids is 1. The standard InChI is InChI=1S/C24H27ClFNO3/c1-24(2)27(22-17-11-7-6-10-16(17)13-20(22)30-24)23(29)18(21(26)19(28)14-25)12-15-8-4-3-5-9-15/h3-11,18-22,28H,12-14H2,1-2H3/t18-,19+,20-,21-,22+/m1/s1. The molecule has 1 saturated heterocycles. The molecule has 2 aromatic rings. The van der Waals surface area contributed by atoms with Gasteiger partial charge in [-0.3, -0.25) is 4.79 Å². The highest BCUT2D eigenvalue weighted by Crippen LogP contribution is 2.49. The molecule has 30 heavy (non-hydrogen) atoms. The van der Waals surface area contributed by atoms with Crippen LogP contribution in [0.1, 0.15) is 36.6 Å². The molecular weight excluding hydrogens is 405 g/mol. The summed E-state index contributed by atoms with van der Waals surface area (Å²) in [5, 5.41) is 10.1. The van der Waals surface area contributed by atoms with Gasteiger partial charge in [0.1, 0.15) is 11.9 Å². The summed E-state index contributed by atoms with van der Waals surface area (Å²) < 4.78 is 21.6. The highest BCUT2D eigenvalue weighted by Gasteiger charge is 2.55. The third-order valence-electron chi connectivity index (χ3n) is 6.21. The third-order valence-corrected chi connectivity index (χ3v) is 6.52. The Balaban J connectivity index is 1.70. The SMILES string of the molecule is CC1(C)O[C@@H]2Cc3ccccc3[C@@H]2N1C(=O)[C@H](Cc1ccccc1)[C@@H](F)[C@@H](O)CCl. The molecule has 1 fully saturated rings. The lowest BCUT2D eigenvalue weighted by molar-refractivity contribution is -0.156. The van der Waals surface area contributed by atoms with Gasteiger partial charge in [-0.2, -0.15) is 0 Å². The molecule has 2 aliphatic rings. The number of aliphatic hydroxyl groups is 1. The van der Waals surface area contributed by atoms with Crippen molar-refractivity contribution >= 4 is 17.5 Å². The molecule has 0 saturated carbocycles. The first-order chi connectivity index (χ1) is 14.3. The van der Waals surface area contributed by atoms with Crippen LogP contribution < -0.4 is 0 Å². The van der Waals surface area contributed by atoms with E-state index >= 15 is 4.39 Å². The number of hydrogen-bond acceptors (Lipinski definition) is 3. The summed E-state index contributed by atoms with van der Waals surface area (Å²) in [4.78, 5) is 15.5. The van der Waals surface area contributed by atoms with E-state index in [0.717, 1.165) is 23.1 Å². The Kier molecular flexibility index (Phi) is 5.88. The topological polar surface area (TPSA) is 49.8 Å². The Hall–Kier alpha value is -1.95. The van der Waals surface area contributed by atoms with Crippen LogP contribution in [-0.4, -0.2) is 45.9 Å². The van der Waals surface area contributed by atoms with E-state index in [1.807, 2.05) is 68.4 Å². The van der Waals surface area contributed by atoms with Crippen LogP contribution in [0.25, 0.3) is 0 Å². The molecule has 0 radical (unpaired) electrons. The van der Waals surface area contributed by atoms with E-state index in [-0.39, 0.29) is 30.4 Å². The fourth-order valence-corrected chi connectivity index (χ4v) is 5.02. The molecule has 0 bridgehead atoms. The number of amides is 1. The van der Waals surface area contributed by atoms with Crippen LogP contribution in [0.15, 0.2) is 54.6 Å². The fraction of sp³-hybridized carbons (Fsp3) is 0.458. The minimum atomic E-state index is -1.78. The van der Waals surface area contributed by atoms with Crippen molar-refractivity contribution in [3.05, 3.63) is 71.3 Å². The van der Waals surface area contributed by atoms with Gasteiger partial charge in [-0.1, -0.05) is 54.6 Å². The van der Waals surface area contributed by atoms with E-state index < -0.39 is 23.9 Å². The monoisotopic (exact) mass is 431 g/mol. The molecule has 5 atom stereocenters. The second-order valence-electron chi connectivity index (χ2n) is 8.62. The van der Waals surface area contributed by atoms with Crippen LogP contribution in [0, 0.1) is 5.92 Å². The molecule has 160 valence electrons. The molecule has 0 spiro atoms. The van der Waals surface area contributed by atoms with Crippen LogP contribution in [-0.2, 0) is 22.4 Å². The van der Waals surface area contributed by atoms with Crippen molar-refractivity contribution in [3.63, 3.8) is 0 Å². The van der Waals surface area contributed by atoms with Crippen molar-refractivity contribution in [2.24, 2.45) is 5.92 Å². The summed E-state index contributed by atoms with van der Waals surface area (Å²) in [6.45, 7) is 3.69. The maximum Gasteiger partial charge on any atom is 0.231 e. The first-order valence-corrected chi connectivity index (χ1v) is 10.9. The number of halogens is 2. The lowest BCUT2D eigenvalue weighted by Crippen LogP contribution is -2.51. The largest absolute Gasteiger partial charge is 0.389 e.